The molecule has 0 bridgehead atoms. The van der Waals surface area contributed by atoms with Crippen molar-refractivity contribution in [2.75, 3.05) is 0 Å². The third-order valence-corrected chi connectivity index (χ3v) is 3.46. The number of hydrogen-bond donors (Lipinski definition) is 0. The zero-order chi connectivity index (χ0) is 15.6. The second kappa shape index (κ2) is 6.12. The summed E-state index contributed by atoms with van der Waals surface area (Å²) in [5.74, 6) is -4.19. The Balaban J connectivity index is 2.50. The Labute approximate surface area is 121 Å². The lowest BCUT2D eigenvalue weighted by molar-refractivity contribution is 0.103. The molecule has 0 aliphatic heterocycles. The molecule has 0 spiro atoms. The molecule has 0 heterocycles. The van der Waals surface area contributed by atoms with Crippen LogP contribution < -0.4 is 0 Å². The average Bonchev–Trinajstić information content (AvgIpc) is 2.45. The Bertz CT molecular complexity index is 669. The van der Waals surface area contributed by atoms with Crippen LogP contribution in [0.15, 0.2) is 30.3 Å². The van der Waals surface area contributed by atoms with Gasteiger partial charge in [0.2, 0.25) is 0 Å². The fraction of sp³-hybridized carbons (Fsp3) is 0.235. The van der Waals surface area contributed by atoms with Crippen LogP contribution in [0.4, 0.5) is 13.2 Å². The lowest BCUT2D eigenvalue weighted by atomic mass is 9.95. The molecule has 0 radical (unpaired) electrons. The molecule has 1 nitrogen and oxygen atoms in total. The maximum absolute atomic E-state index is 13.7. The van der Waals surface area contributed by atoms with Crippen molar-refractivity contribution < 1.29 is 18.0 Å². The number of benzene rings is 2. The summed E-state index contributed by atoms with van der Waals surface area (Å²) in [6.45, 7) is 3.94. The predicted molar refractivity (Wildman–Crippen MR) is 74.9 cm³/mol. The first-order chi connectivity index (χ1) is 9.97. The maximum Gasteiger partial charge on any atom is 0.198 e. The smallest absolute Gasteiger partial charge is 0.198 e. The summed E-state index contributed by atoms with van der Waals surface area (Å²) >= 11 is 0. The van der Waals surface area contributed by atoms with E-state index in [9.17, 15) is 18.0 Å². The highest BCUT2D eigenvalue weighted by Gasteiger charge is 2.21. The summed E-state index contributed by atoms with van der Waals surface area (Å²) in [5.41, 5.74) is 1.54. The largest absolute Gasteiger partial charge is 0.288 e. The van der Waals surface area contributed by atoms with Gasteiger partial charge in [-0.15, -0.1) is 0 Å². The monoisotopic (exact) mass is 292 g/mol. The number of rotatable bonds is 4. The van der Waals surface area contributed by atoms with Gasteiger partial charge in [-0.3, -0.25) is 4.79 Å². The highest BCUT2D eigenvalue weighted by Crippen LogP contribution is 2.21. The van der Waals surface area contributed by atoms with Gasteiger partial charge in [-0.05, 0) is 30.0 Å². The van der Waals surface area contributed by atoms with Gasteiger partial charge in [0.25, 0.3) is 0 Å². The number of aryl methyl sites for hydroxylation is 2. The molecule has 0 aliphatic rings. The molecule has 0 N–H and O–H groups in total. The first-order valence-electron chi connectivity index (χ1n) is 6.79. The molecule has 0 fully saturated rings. The molecule has 2 rings (SSSR count). The molecule has 21 heavy (non-hydrogen) atoms. The highest BCUT2D eigenvalue weighted by atomic mass is 19.1. The van der Waals surface area contributed by atoms with Crippen molar-refractivity contribution in [3.63, 3.8) is 0 Å². The number of ketones is 1. The van der Waals surface area contributed by atoms with E-state index in [1.807, 2.05) is 13.8 Å². The molecule has 0 saturated heterocycles. The number of hydrogen-bond acceptors (Lipinski definition) is 1. The normalized spacial score (nSPS) is 10.7. The molecule has 4 heteroatoms. The van der Waals surface area contributed by atoms with E-state index in [2.05, 4.69) is 0 Å². The molecule has 2 aromatic carbocycles. The van der Waals surface area contributed by atoms with Crippen LogP contribution in [0.2, 0.25) is 0 Å². The number of carbonyl (C=O) groups is 1. The summed E-state index contributed by atoms with van der Waals surface area (Å²) < 4.78 is 40.2. The van der Waals surface area contributed by atoms with E-state index in [0.29, 0.717) is 12.1 Å². The molecular weight excluding hydrogens is 277 g/mol. The van der Waals surface area contributed by atoms with Crippen molar-refractivity contribution in [1.82, 2.24) is 0 Å². The zero-order valence-electron chi connectivity index (χ0n) is 11.8. The van der Waals surface area contributed by atoms with Crippen molar-refractivity contribution in [2.24, 2.45) is 0 Å². The molecule has 0 atom stereocenters. The molecule has 0 saturated carbocycles. The Morgan fingerprint density at radius 2 is 1.48 bits per heavy atom. The van der Waals surface area contributed by atoms with E-state index >= 15 is 0 Å². The fourth-order valence-corrected chi connectivity index (χ4v) is 2.34. The van der Waals surface area contributed by atoms with E-state index in [4.69, 9.17) is 0 Å². The molecule has 0 aromatic heterocycles. The average molecular weight is 292 g/mol. The molecule has 2 aromatic rings. The van der Waals surface area contributed by atoms with E-state index in [-0.39, 0.29) is 5.56 Å². The topological polar surface area (TPSA) is 17.1 Å². The summed E-state index contributed by atoms with van der Waals surface area (Å²) in [6.07, 6.45) is 1.54. The summed E-state index contributed by atoms with van der Waals surface area (Å²) in [7, 11) is 0. The Hall–Kier alpha value is -2.10. The Kier molecular flexibility index (Phi) is 4.46. The predicted octanol–water partition coefficient (Wildman–Crippen LogP) is 4.46. The van der Waals surface area contributed by atoms with Gasteiger partial charge in [-0.2, -0.15) is 0 Å². The fourth-order valence-electron chi connectivity index (χ4n) is 2.34. The second-order valence-corrected chi connectivity index (χ2v) is 4.76. The van der Waals surface area contributed by atoms with Gasteiger partial charge in [0.05, 0.1) is 5.56 Å². The van der Waals surface area contributed by atoms with Gasteiger partial charge >= 0.3 is 0 Å². The van der Waals surface area contributed by atoms with Gasteiger partial charge in [0.15, 0.2) is 5.78 Å². The van der Waals surface area contributed by atoms with Crippen molar-refractivity contribution in [2.45, 2.75) is 26.7 Å². The Morgan fingerprint density at radius 3 is 2.00 bits per heavy atom. The quantitative estimate of drug-likeness (QED) is 0.760. The van der Waals surface area contributed by atoms with Crippen LogP contribution in [0, 0.1) is 17.5 Å². The van der Waals surface area contributed by atoms with Crippen LogP contribution in [0.25, 0.3) is 0 Å². The molecule has 0 unspecified atom stereocenters. The third-order valence-electron chi connectivity index (χ3n) is 3.46. The summed E-state index contributed by atoms with van der Waals surface area (Å²) in [6, 6.07) is 5.99. The van der Waals surface area contributed by atoms with Crippen LogP contribution in [-0.4, -0.2) is 5.78 Å². The number of halogens is 3. The van der Waals surface area contributed by atoms with Gasteiger partial charge in [0, 0.05) is 17.7 Å². The van der Waals surface area contributed by atoms with Crippen molar-refractivity contribution in [3.05, 3.63) is 70.0 Å². The molecular formula is C17H15F3O. The lowest BCUT2D eigenvalue weighted by Gasteiger charge is -2.09. The minimum atomic E-state index is -1.19. The van der Waals surface area contributed by atoms with Crippen molar-refractivity contribution >= 4 is 5.78 Å². The minimum Gasteiger partial charge on any atom is -0.288 e. The van der Waals surface area contributed by atoms with Crippen molar-refractivity contribution in [3.8, 4) is 0 Å². The van der Waals surface area contributed by atoms with Gasteiger partial charge in [-0.1, -0.05) is 26.0 Å². The third kappa shape index (κ3) is 2.99. The van der Waals surface area contributed by atoms with E-state index in [0.717, 1.165) is 24.0 Å². The van der Waals surface area contributed by atoms with Crippen LogP contribution in [0.1, 0.15) is 40.9 Å². The SMILES string of the molecule is CCc1ccc(C(=O)c2c(F)cc(F)cc2F)cc1CC. The summed E-state index contributed by atoms with van der Waals surface area (Å²) in [5, 5.41) is 0. The second-order valence-electron chi connectivity index (χ2n) is 4.76. The number of carbonyl (C=O) groups excluding carboxylic acids is 1. The summed E-state index contributed by atoms with van der Waals surface area (Å²) in [4.78, 5) is 12.3. The van der Waals surface area contributed by atoms with Gasteiger partial charge < -0.3 is 0 Å². The Morgan fingerprint density at radius 1 is 0.905 bits per heavy atom. The van der Waals surface area contributed by atoms with Crippen LogP contribution >= 0.6 is 0 Å². The maximum atomic E-state index is 13.7. The first-order valence-corrected chi connectivity index (χ1v) is 6.79. The molecule has 0 amide bonds. The van der Waals surface area contributed by atoms with E-state index in [1.54, 1.807) is 18.2 Å². The minimum absolute atomic E-state index is 0.202. The van der Waals surface area contributed by atoms with Crippen LogP contribution in [0.3, 0.4) is 0 Å². The van der Waals surface area contributed by atoms with E-state index in [1.165, 1.54) is 0 Å². The van der Waals surface area contributed by atoms with E-state index < -0.39 is 28.8 Å². The van der Waals surface area contributed by atoms with Crippen LogP contribution in [0.5, 0.6) is 0 Å². The van der Waals surface area contributed by atoms with Crippen molar-refractivity contribution in [1.29, 1.82) is 0 Å². The standard InChI is InChI=1S/C17H15F3O/c1-3-10-5-6-12(7-11(10)4-2)17(21)16-14(19)8-13(18)9-15(16)20/h5-9H,3-4H2,1-2H3. The van der Waals surface area contributed by atoms with Gasteiger partial charge in [-0.25, -0.2) is 13.2 Å². The lowest BCUT2D eigenvalue weighted by Crippen LogP contribution is -2.09. The van der Waals surface area contributed by atoms with Crippen LogP contribution in [-0.2, 0) is 12.8 Å². The first kappa shape index (κ1) is 15.3. The zero-order valence-corrected chi connectivity index (χ0v) is 11.8. The highest BCUT2D eigenvalue weighted by molar-refractivity contribution is 6.09. The molecule has 0 aliphatic carbocycles. The molecule has 110 valence electrons. The van der Waals surface area contributed by atoms with Gasteiger partial charge in [0.1, 0.15) is 17.5 Å².